The van der Waals surface area contributed by atoms with E-state index in [2.05, 4.69) is 65.1 Å². The number of anilines is 1. The van der Waals surface area contributed by atoms with Crippen molar-refractivity contribution in [3.63, 3.8) is 0 Å². The topological polar surface area (TPSA) is 15.3 Å². The normalized spacial score (nSPS) is 19.6. The van der Waals surface area contributed by atoms with E-state index in [1.807, 2.05) is 0 Å². The lowest BCUT2D eigenvalue weighted by Crippen LogP contribution is -2.34. The zero-order valence-corrected chi connectivity index (χ0v) is 14.5. The Labute approximate surface area is 132 Å². The molecule has 20 heavy (non-hydrogen) atoms. The monoisotopic (exact) mass is 338 g/mol. The van der Waals surface area contributed by atoms with Gasteiger partial charge in [-0.1, -0.05) is 42.8 Å². The van der Waals surface area contributed by atoms with Crippen LogP contribution in [0.5, 0.6) is 0 Å². The summed E-state index contributed by atoms with van der Waals surface area (Å²) < 4.78 is 1.23. The van der Waals surface area contributed by atoms with Gasteiger partial charge >= 0.3 is 0 Å². The standard InChI is InChI=1S/C17H27BrN2/c1-13(2)10-19-11-15-6-7-16(9-17(15)18)20-8-4-5-14(3)12-20/h6-7,9,13-14,19H,4-5,8,10-12H2,1-3H3. The molecule has 112 valence electrons. The average Bonchev–Trinajstić information content (AvgIpc) is 2.40. The van der Waals surface area contributed by atoms with Gasteiger partial charge in [0.05, 0.1) is 0 Å². The first-order valence-electron chi connectivity index (χ1n) is 7.80. The number of benzene rings is 1. The molecular weight excluding hydrogens is 312 g/mol. The van der Waals surface area contributed by atoms with Crippen LogP contribution in [0.2, 0.25) is 0 Å². The Morgan fingerprint density at radius 2 is 2.20 bits per heavy atom. The number of hydrogen-bond acceptors (Lipinski definition) is 2. The maximum atomic E-state index is 3.73. The van der Waals surface area contributed by atoms with E-state index in [1.165, 1.54) is 41.7 Å². The van der Waals surface area contributed by atoms with Gasteiger partial charge in [-0.2, -0.15) is 0 Å². The Hall–Kier alpha value is -0.540. The maximum absolute atomic E-state index is 3.73. The first kappa shape index (κ1) is 15.8. The van der Waals surface area contributed by atoms with E-state index in [9.17, 15) is 0 Å². The lowest BCUT2D eigenvalue weighted by Gasteiger charge is -2.33. The van der Waals surface area contributed by atoms with Gasteiger partial charge in [-0.25, -0.2) is 0 Å². The van der Waals surface area contributed by atoms with Crippen LogP contribution in [-0.2, 0) is 6.54 Å². The molecule has 1 fully saturated rings. The minimum atomic E-state index is 0.697. The Kier molecular flexibility index (Phi) is 5.91. The molecule has 0 bridgehead atoms. The molecule has 1 atom stereocenters. The second-order valence-electron chi connectivity index (χ2n) is 6.49. The molecule has 0 spiro atoms. The van der Waals surface area contributed by atoms with Crippen LogP contribution in [-0.4, -0.2) is 19.6 Å². The molecular formula is C17H27BrN2. The molecule has 1 unspecified atom stereocenters. The van der Waals surface area contributed by atoms with Crippen LogP contribution < -0.4 is 10.2 Å². The molecule has 0 aromatic heterocycles. The summed E-state index contributed by atoms with van der Waals surface area (Å²) in [6.45, 7) is 11.2. The predicted octanol–water partition coefficient (Wildman–Crippen LogP) is 4.43. The number of nitrogens with one attached hydrogen (secondary N) is 1. The van der Waals surface area contributed by atoms with Crippen molar-refractivity contribution in [2.75, 3.05) is 24.5 Å². The van der Waals surface area contributed by atoms with Crippen LogP contribution >= 0.6 is 15.9 Å². The van der Waals surface area contributed by atoms with E-state index in [1.54, 1.807) is 0 Å². The second-order valence-corrected chi connectivity index (χ2v) is 7.35. The van der Waals surface area contributed by atoms with Gasteiger partial charge in [-0.3, -0.25) is 0 Å². The Morgan fingerprint density at radius 1 is 1.40 bits per heavy atom. The molecule has 0 aliphatic carbocycles. The third-order valence-electron chi connectivity index (χ3n) is 3.93. The number of nitrogens with zero attached hydrogens (tertiary/aromatic N) is 1. The van der Waals surface area contributed by atoms with Crippen molar-refractivity contribution in [2.45, 2.75) is 40.2 Å². The Morgan fingerprint density at radius 3 is 2.85 bits per heavy atom. The molecule has 1 aliphatic heterocycles. The molecule has 1 aromatic carbocycles. The number of halogens is 1. The Balaban J connectivity index is 1.98. The summed E-state index contributed by atoms with van der Waals surface area (Å²) in [6.07, 6.45) is 2.69. The van der Waals surface area contributed by atoms with Crippen molar-refractivity contribution < 1.29 is 0 Å². The van der Waals surface area contributed by atoms with E-state index in [-0.39, 0.29) is 0 Å². The molecule has 2 nitrogen and oxygen atoms in total. The second kappa shape index (κ2) is 7.46. The van der Waals surface area contributed by atoms with Crippen molar-refractivity contribution in [2.24, 2.45) is 11.8 Å². The van der Waals surface area contributed by atoms with Gasteiger partial charge in [0.25, 0.3) is 0 Å². The van der Waals surface area contributed by atoms with Crippen LogP contribution in [0.3, 0.4) is 0 Å². The zero-order chi connectivity index (χ0) is 14.5. The SMILES string of the molecule is CC(C)CNCc1ccc(N2CCCC(C)C2)cc1Br. The molecule has 0 radical (unpaired) electrons. The van der Waals surface area contributed by atoms with E-state index in [4.69, 9.17) is 0 Å². The van der Waals surface area contributed by atoms with E-state index in [0.29, 0.717) is 5.92 Å². The van der Waals surface area contributed by atoms with Crippen molar-refractivity contribution >= 4 is 21.6 Å². The summed E-state index contributed by atoms with van der Waals surface area (Å²) in [5, 5.41) is 3.50. The van der Waals surface area contributed by atoms with Crippen molar-refractivity contribution in [1.82, 2.24) is 5.32 Å². The fraction of sp³-hybridized carbons (Fsp3) is 0.647. The van der Waals surface area contributed by atoms with Crippen LogP contribution in [0.15, 0.2) is 22.7 Å². The summed E-state index contributed by atoms with van der Waals surface area (Å²) in [6, 6.07) is 6.81. The lowest BCUT2D eigenvalue weighted by molar-refractivity contribution is 0.447. The van der Waals surface area contributed by atoms with Gasteiger partial charge in [0.2, 0.25) is 0 Å². The van der Waals surface area contributed by atoms with Crippen LogP contribution in [0.1, 0.15) is 39.2 Å². The van der Waals surface area contributed by atoms with Crippen LogP contribution in [0, 0.1) is 11.8 Å². The molecule has 1 aliphatic rings. The predicted molar refractivity (Wildman–Crippen MR) is 91.3 cm³/mol. The fourth-order valence-corrected chi connectivity index (χ4v) is 3.30. The van der Waals surface area contributed by atoms with Gasteiger partial charge < -0.3 is 10.2 Å². The van der Waals surface area contributed by atoms with E-state index < -0.39 is 0 Å². The van der Waals surface area contributed by atoms with Crippen LogP contribution in [0.25, 0.3) is 0 Å². The van der Waals surface area contributed by atoms with E-state index >= 15 is 0 Å². The first-order chi connectivity index (χ1) is 9.56. The molecule has 1 N–H and O–H groups in total. The summed E-state index contributed by atoms with van der Waals surface area (Å²) in [4.78, 5) is 2.52. The largest absolute Gasteiger partial charge is 0.371 e. The average molecular weight is 339 g/mol. The quantitative estimate of drug-likeness (QED) is 0.854. The summed E-state index contributed by atoms with van der Waals surface area (Å²) in [7, 11) is 0. The third-order valence-corrected chi connectivity index (χ3v) is 4.67. The van der Waals surface area contributed by atoms with Crippen LogP contribution in [0.4, 0.5) is 5.69 Å². The van der Waals surface area contributed by atoms with Crippen molar-refractivity contribution in [1.29, 1.82) is 0 Å². The first-order valence-corrected chi connectivity index (χ1v) is 8.59. The van der Waals surface area contributed by atoms with Gasteiger partial charge in [-0.15, -0.1) is 0 Å². The Bertz CT molecular complexity index is 431. The number of rotatable bonds is 5. The molecule has 1 aromatic rings. The molecule has 3 heteroatoms. The van der Waals surface area contributed by atoms with Gasteiger partial charge in [0, 0.05) is 29.8 Å². The highest BCUT2D eigenvalue weighted by atomic mass is 79.9. The smallest absolute Gasteiger partial charge is 0.0377 e. The molecule has 1 saturated heterocycles. The maximum Gasteiger partial charge on any atom is 0.0377 e. The molecule has 2 rings (SSSR count). The van der Waals surface area contributed by atoms with Crippen molar-refractivity contribution in [3.8, 4) is 0 Å². The highest BCUT2D eigenvalue weighted by Crippen LogP contribution is 2.27. The summed E-state index contributed by atoms with van der Waals surface area (Å²) >= 11 is 3.73. The minimum Gasteiger partial charge on any atom is -0.371 e. The number of piperidine rings is 1. The summed E-state index contributed by atoms with van der Waals surface area (Å²) in [5.74, 6) is 1.51. The van der Waals surface area contributed by atoms with E-state index in [0.717, 1.165) is 19.0 Å². The highest BCUT2D eigenvalue weighted by Gasteiger charge is 2.17. The van der Waals surface area contributed by atoms with Crippen molar-refractivity contribution in [3.05, 3.63) is 28.2 Å². The minimum absolute atomic E-state index is 0.697. The zero-order valence-electron chi connectivity index (χ0n) is 13.0. The molecule has 0 saturated carbocycles. The third kappa shape index (κ3) is 4.49. The molecule has 0 amide bonds. The summed E-state index contributed by atoms with van der Waals surface area (Å²) in [5.41, 5.74) is 2.70. The number of hydrogen-bond donors (Lipinski definition) is 1. The highest BCUT2D eigenvalue weighted by molar-refractivity contribution is 9.10. The van der Waals surface area contributed by atoms with Gasteiger partial charge in [0.15, 0.2) is 0 Å². The molecule has 1 heterocycles. The van der Waals surface area contributed by atoms with Gasteiger partial charge in [-0.05, 0) is 48.9 Å². The fourth-order valence-electron chi connectivity index (χ4n) is 2.80. The van der Waals surface area contributed by atoms with Gasteiger partial charge in [0.1, 0.15) is 0 Å². The lowest BCUT2D eigenvalue weighted by atomic mass is 9.99.